The van der Waals surface area contributed by atoms with Gasteiger partial charge in [0.1, 0.15) is 11.5 Å². The molecule has 0 aromatic heterocycles. The quantitative estimate of drug-likeness (QED) is 0.551. The van der Waals surface area contributed by atoms with Gasteiger partial charge in [0.15, 0.2) is 0 Å². The third-order valence-electron chi connectivity index (χ3n) is 5.28. The topological polar surface area (TPSA) is 35.5 Å². The van der Waals surface area contributed by atoms with E-state index in [1.807, 2.05) is 24.3 Å². The van der Waals surface area contributed by atoms with Crippen LogP contribution >= 0.6 is 0 Å². The van der Waals surface area contributed by atoms with Crippen molar-refractivity contribution >= 4 is 5.97 Å². The van der Waals surface area contributed by atoms with Crippen LogP contribution in [-0.2, 0) is 10.2 Å². The first-order valence-electron chi connectivity index (χ1n) is 9.14. The minimum Gasteiger partial charge on any atom is -0.497 e. The Kier molecular flexibility index (Phi) is 5.42. The van der Waals surface area contributed by atoms with Crippen LogP contribution in [0.2, 0.25) is 0 Å². The molecule has 0 amide bonds. The number of benzene rings is 2. The minimum absolute atomic E-state index is 0.0395. The van der Waals surface area contributed by atoms with E-state index in [4.69, 9.17) is 9.47 Å². The van der Waals surface area contributed by atoms with Crippen LogP contribution in [0.3, 0.4) is 0 Å². The van der Waals surface area contributed by atoms with E-state index < -0.39 is 0 Å². The van der Waals surface area contributed by atoms with Gasteiger partial charge < -0.3 is 9.47 Å². The Morgan fingerprint density at radius 2 is 1.40 bits per heavy atom. The molecule has 3 heteroatoms. The van der Waals surface area contributed by atoms with E-state index in [-0.39, 0.29) is 11.4 Å². The van der Waals surface area contributed by atoms with E-state index in [2.05, 4.69) is 24.3 Å². The van der Waals surface area contributed by atoms with E-state index in [1.54, 1.807) is 14.0 Å². The zero-order valence-corrected chi connectivity index (χ0v) is 15.1. The molecular formula is C22H26O3. The fourth-order valence-electron chi connectivity index (χ4n) is 3.86. The number of ether oxygens (including phenoxy) is 2. The number of methoxy groups -OCH3 is 1. The standard InChI is InChI=1S/C22H26O3/c1-3-21(23)25-20-13-9-18(10-14-20)22(15-5-4-6-16-22)17-7-11-19(24-2)12-8-17/h7-14H,3-6,15-16H2,1-2H3. The molecule has 0 bridgehead atoms. The summed E-state index contributed by atoms with van der Waals surface area (Å²) >= 11 is 0. The van der Waals surface area contributed by atoms with Gasteiger partial charge in [-0.1, -0.05) is 50.5 Å². The summed E-state index contributed by atoms with van der Waals surface area (Å²) in [5.41, 5.74) is 2.68. The van der Waals surface area contributed by atoms with Crippen LogP contribution in [0.1, 0.15) is 56.6 Å². The molecule has 132 valence electrons. The molecule has 25 heavy (non-hydrogen) atoms. The fourth-order valence-corrected chi connectivity index (χ4v) is 3.86. The number of rotatable bonds is 5. The second-order valence-corrected chi connectivity index (χ2v) is 6.72. The van der Waals surface area contributed by atoms with Crippen molar-refractivity contribution in [1.82, 2.24) is 0 Å². The summed E-state index contributed by atoms with van der Waals surface area (Å²) in [5.74, 6) is 1.31. The Balaban J connectivity index is 1.93. The summed E-state index contributed by atoms with van der Waals surface area (Å²) in [4.78, 5) is 11.5. The number of hydrogen-bond donors (Lipinski definition) is 0. The lowest BCUT2D eigenvalue weighted by Crippen LogP contribution is -2.30. The van der Waals surface area contributed by atoms with Gasteiger partial charge in [0.05, 0.1) is 7.11 Å². The van der Waals surface area contributed by atoms with Crippen molar-refractivity contribution in [3.05, 3.63) is 59.7 Å². The van der Waals surface area contributed by atoms with E-state index in [0.29, 0.717) is 12.2 Å². The Morgan fingerprint density at radius 1 is 0.880 bits per heavy atom. The second-order valence-electron chi connectivity index (χ2n) is 6.72. The first-order valence-corrected chi connectivity index (χ1v) is 9.14. The predicted molar refractivity (Wildman–Crippen MR) is 99.2 cm³/mol. The molecule has 1 aliphatic rings. The van der Waals surface area contributed by atoms with Crippen LogP contribution in [-0.4, -0.2) is 13.1 Å². The van der Waals surface area contributed by atoms with Crippen molar-refractivity contribution in [3.8, 4) is 11.5 Å². The van der Waals surface area contributed by atoms with Crippen molar-refractivity contribution in [2.45, 2.75) is 50.9 Å². The van der Waals surface area contributed by atoms with Crippen molar-refractivity contribution in [2.24, 2.45) is 0 Å². The molecule has 0 unspecified atom stereocenters. The van der Waals surface area contributed by atoms with Crippen LogP contribution < -0.4 is 9.47 Å². The summed E-state index contributed by atoms with van der Waals surface area (Å²) in [7, 11) is 1.70. The lowest BCUT2D eigenvalue weighted by molar-refractivity contribution is -0.134. The van der Waals surface area contributed by atoms with Gasteiger partial charge in [0, 0.05) is 11.8 Å². The van der Waals surface area contributed by atoms with E-state index in [1.165, 1.54) is 30.4 Å². The SMILES string of the molecule is CCC(=O)Oc1ccc(C2(c3ccc(OC)cc3)CCCCC2)cc1. The Morgan fingerprint density at radius 3 is 1.88 bits per heavy atom. The molecule has 0 atom stereocenters. The van der Waals surface area contributed by atoms with Gasteiger partial charge in [-0.15, -0.1) is 0 Å². The van der Waals surface area contributed by atoms with Gasteiger partial charge in [0.25, 0.3) is 0 Å². The number of carbonyl (C=O) groups is 1. The van der Waals surface area contributed by atoms with Gasteiger partial charge in [0.2, 0.25) is 0 Å². The summed E-state index contributed by atoms with van der Waals surface area (Å²) in [6.45, 7) is 1.80. The third kappa shape index (κ3) is 3.71. The molecule has 2 aromatic rings. The van der Waals surface area contributed by atoms with Gasteiger partial charge >= 0.3 is 5.97 Å². The average Bonchev–Trinajstić information content (AvgIpc) is 2.69. The Bertz CT molecular complexity index is 695. The number of esters is 1. The molecule has 0 heterocycles. The monoisotopic (exact) mass is 338 g/mol. The first-order chi connectivity index (χ1) is 12.2. The molecule has 1 fully saturated rings. The van der Waals surface area contributed by atoms with E-state index in [0.717, 1.165) is 18.6 Å². The zero-order valence-electron chi connectivity index (χ0n) is 15.1. The fraction of sp³-hybridized carbons (Fsp3) is 0.409. The smallest absolute Gasteiger partial charge is 0.310 e. The highest BCUT2D eigenvalue weighted by Crippen LogP contribution is 2.45. The highest BCUT2D eigenvalue weighted by molar-refractivity contribution is 5.71. The van der Waals surface area contributed by atoms with Gasteiger partial charge in [-0.05, 0) is 48.2 Å². The van der Waals surface area contributed by atoms with Crippen molar-refractivity contribution in [3.63, 3.8) is 0 Å². The van der Waals surface area contributed by atoms with E-state index >= 15 is 0 Å². The Hall–Kier alpha value is -2.29. The second kappa shape index (κ2) is 7.73. The third-order valence-corrected chi connectivity index (χ3v) is 5.28. The number of hydrogen-bond acceptors (Lipinski definition) is 3. The molecule has 0 radical (unpaired) electrons. The molecule has 3 nitrogen and oxygen atoms in total. The normalized spacial score (nSPS) is 16.2. The van der Waals surface area contributed by atoms with Crippen molar-refractivity contribution in [2.75, 3.05) is 7.11 Å². The highest BCUT2D eigenvalue weighted by atomic mass is 16.5. The minimum atomic E-state index is -0.199. The Labute approximate surface area is 150 Å². The predicted octanol–water partition coefficient (Wildman–Crippen LogP) is 5.26. The lowest BCUT2D eigenvalue weighted by Gasteiger charge is -2.38. The van der Waals surface area contributed by atoms with Crippen LogP contribution in [0.15, 0.2) is 48.5 Å². The molecule has 3 rings (SSSR count). The molecular weight excluding hydrogens is 312 g/mol. The van der Waals surface area contributed by atoms with Crippen LogP contribution in [0.25, 0.3) is 0 Å². The van der Waals surface area contributed by atoms with Crippen LogP contribution in [0.4, 0.5) is 0 Å². The largest absolute Gasteiger partial charge is 0.497 e. The molecule has 2 aromatic carbocycles. The number of carbonyl (C=O) groups excluding carboxylic acids is 1. The molecule has 0 saturated heterocycles. The molecule has 0 spiro atoms. The maximum absolute atomic E-state index is 11.5. The highest BCUT2D eigenvalue weighted by Gasteiger charge is 2.35. The van der Waals surface area contributed by atoms with Crippen LogP contribution in [0, 0.1) is 0 Å². The van der Waals surface area contributed by atoms with Gasteiger partial charge in [-0.2, -0.15) is 0 Å². The summed E-state index contributed by atoms with van der Waals surface area (Å²) in [6.07, 6.45) is 6.44. The molecule has 1 saturated carbocycles. The summed E-state index contributed by atoms with van der Waals surface area (Å²) < 4.78 is 10.6. The summed E-state index contributed by atoms with van der Waals surface area (Å²) in [5, 5.41) is 0. The lowest BCUT2D eigenvalue weighted by atomic mass is 9.65. The zero-order chi connectivity index (χ0) is 17.7. The molecule has 0 N–H and O–H groups in total. The first kappa shape index (κ1) is 17.5. The van der Waals surface area contributed by atoms with Crippen LogP contribution in [0.5, 0.6) is 11.5 Å². The van der Waals surface area contributed by atoms with Gasteiger partial charge in [-0.25, -0.2) is 0 Å². The average molecular weight is 338 g/mol. The van der Waals surface area contributed by atoms with E-state index in [9.17, 15) is 4.79 Å². The molecule has 1 aliphatic carbocycles. The molecule has 0 aliphatic heterocycles. The maximum atomic E-state index is 11.5. The van der Waals surface area contributed by atoms with Crippen molar-refractivity contribution < 1.29 is 14.3 Å². The maximum Gasteiger partial charge on any atom is 0.310 e. The van der Waals surface area contributed by atoms with Gasteiger partial charge in [-0.3, -0.25) is 4.79 Å². The van der Waals surface area contributed by atoms with Crippen molar-refractivity contribution in [1.29, 1.82) is 0 Å². The summed E-state index contributed by atoms with van der Waals surface area (Å²) in [6, 6.07) is 16.5.